The first-order chi connectivity index (χ1) is 15.8. The van der Waals surface area contributed by atoms with Gasteiger partial charge in [-0.25, -0.2) is 9.78 Å². The van der Waals surface area contributed by atoms with Crippen LogP contribution in [0, 0.1) is 13.8 Å². The van der Waals surface area contributed by atoms with E-state index < -0.39 is 29.6 Å². The van der Waals surface area contributed by atoms with Crippen molar-refractivity contribution < 1.29 is 37.3 Å². The molecule has 0 spiro atoms. The number of ketones is 1. The van der Waals surface area contributed by atoms with Crippen LogP contribution in [-0.2, 0) is 4.79 Å². The molecule has 1 heterocycles. The average Bonchev–Trinajstić information content (AvgIpc) is 2.73. The first kappa shape index (κ1) is 24.8. The maximum atomic E-state index is 12.9. The van der Waals surface area contributed by atoms with Crippen molar-refractivity contribution in [3.05, 3.63) is 70.8 Å². The summed E-state index contributed by atoms with van der Waals surface area (Å²) in [4.78, 5) is 28.0. The summed E-state index contributed by atoms with van der Waals surface area (Å²) in [6, 6.07) is 11.1. The second-order valence-corrected chi connectivity index (χ2v) is 8.18. The molecule has 0 saturated heterocycles. The lowest BCUT2D eigenvalue weighted by atomic mass is 10.0. The van der Waals surface area contributed by atoms with Crippen molar-refractivity contribution in [2.75, 3.05) is 0 Å². The Morgan fingerprint density at radius 3 is 2.21 bits per heavy atom. The number of ether oxygens (including phenoxy) is 2. The molecule has 1 aromatic heterocycles. The summed E-state index contributed by atoms with van der Waals surface area (Å²) in [5.41, 5.74) is 0.332. The predicted octanol–water partition coefficient (Wildman–Crippen LogP) is 5.89. The van der Waals surface area contributed by atoms with E-state index in [4.69, 9.17) is 4.74 Å². The van der Waals surface area contributed by atoms with Gasteiger partial charge in [-0.2, -0.15) is 0 Å². The molecule has 2 aromatic carbocycles. The molecule has 9 heteroatoms. The van der Waals surface area contributed by atoms with E-state index >= 15 is 0 Å². The number of aromatic nitrogens is 1. The van der Waals surface area contributed by atoms with Crippen molar-refractivity contribution in [2.24, 2.45) is 0 Å². The van der Waals surface area contributed by atoms with Crippen LogP contribution < -0.4 is 9.47 Å². The van der Waals surface area contributed by atoms with Crippen molar-refractivity contribution in [1.29, 1.82) is 0 Å². The van der Waals surface area contributed by atoms with Crippen LogP contribution in [0.5, 0.6) is 11.6 Å². The molecular weight excluding hydrogens is 451 g/mol. The van der Waals surface area contributed by atoms with Crippen molar-refractivity contribution in [1.82, 2.24) is 4.98 Å². The standard InChI is InChI=1S/C25H22F3NO5/c1-14-11-16(12-15(2)21(14)33-24(3,4)23(31)32)9-10-20(30)18-13-17-7-5-6-8-19(17)29-22(18)34-25(26,27)28/h5-13H,1-4H3,(H,31,32)/b10-9+. The van der Waals surface area contributed by atoms with Crippen LogP contribution in [0.2, 0.25) is 0 Å². The number of halogens is 3. The summed E-state index contributed by atoms with van der Waals surface area (Å²) in [7, 11) is 0. The minimum Gasteiger partial charge on any atom is -0.478 e. The minimum absolute atomic E-state index is 0.258. The van der Waals surface area contributed by atoms with E-state index in [9.17, 15) is 27.9 Å². The number of rotatable bonds is 7. The third-order valence-electron chi connectivity index (χ3n) is 4.95. The molecule has 0 aliphatic rings. The zero-order chi connectivity index (χ0) is 25.3. The van der Waals surface area contributed by atoms with Gasteiger partial charge in [0.2, 0.25) is 5.88 Å². The summed E-state index contributed by atoms with van der Waals surface area (Å²) >= 11 is 0. The van der Waals surface area contributed by atoms with Crippen LogP contribution in [-0.4, -0.2) is 33.8 Å². The number of fused-ring (bicyclic) bond motifs is 1. The van der Waals surface area contributed by atoms with Gasteiger partial charge >= 0.3 is 12.3 Å². The number of carboxylic acid groups (broad SMARTS) is 1. The first-order valence-electron chi connectivity index (χ1n) is 10.2. The van der Waals surface area contributed by atoms with Crippen LogP contribution in [0.15, 0.2) is 48.5 Å². The van der Waals surface area contributed by atoms with E-state index in [1.165, 1.54) is 32.1 Å². The molecule has 1 N–H and O–H groups in total. The third-order valence-corrected chi connectivity index (χ3v) is 4.95. The van der Waals surface area contributed by atoms with Gasteiger partial charge in [0, 0.05) is 5.39 Å². The number of carbonyl (C=O) groups excluding carboxylic acids is 1. The smallest absolute Gasteiger partial charge is 0.478 e. The Morgan fingerprint density at radius 1 is 1.00 bits per heavy atom. The Bertz CT molecular complexity index is 1270. The number of aryl methyl sites for hydroxylation is 2. The summed E-state index contributed by atoms with van der Waals surface area (Å²) in [6.07, 6.45) is -2.44. The van der Waals surface area contributed by atoms with Crippen LogP contribution >= 0.6 is 0 Å². The molecule has 6 nitrogen and oxygen atoms in total. The Kier molecular flexibility index (Phi) is 6.67. The van der Waals surface area contributed by atoms with Crippen molar-refractivity contribution in [3.63, 3.8) is 0 Å². The zero-order valence-corrected chi connectivity index (χ0v) is 18.9. The second-order valence-electron chi connectivity index (χ2n) is 8.18. The molecule has 0 fully saturated rings. The Morgan fingerprint density at radius 2 is 1.62 bits per heavy atom. The maximum absolute atomic E-state index is 12.9. The molecule has 0 unspecified atom stereocenters. The van der Waals surface area contributed by atoms with Gasteiger partial charge in [0.15, 0.2) is 11.4 Å². The number of carboxylic acids is 1. The quantitative estimate of drug-likeness (QED) is 0.340. The summed E-state index contributed by atoms with van der Waals surface area (Å²) in [5.74, 6) is -2.27. The van der Waals surface area contributed by atoms with Crippen LogP contribution in [0.3, 0.4) is 0 Å². The molecule has 0 saturated carbocycles. The highest BCUT2D eigenvalue weighted by atomic mass is 19.4. The van der Waals surface area contributed by atoms with Gasteiger partial charge in [-0.05, 0) is 74.7 Å². The summed E-state index contributed by atoms with van der Waals surface area (Å²) in [5, 5.41) is 9.78. The lowest BCUT2D eigenvalue weighted by Crippen LogP contribution is -2.38. The molecule has 0 radical (unpaired) electrons. The van der Waals surface area contributed by atoms with Crippen LogP contribution in [0.1, 0.15) is 40.9 Å². The minimum atomic E-state index is -5.01. The van der Waals surface area contributed by atoms with E-state index in [-0.39, 0.29) is 11.1 Å². The van der Waals surface area contributed by atoms with Crippen molar-refractivity contribution in [2.45, 2.75) is 39.7 Å². The van der Waals surface area contributed by atoms with Crippen molar-refractivity contribution >= 4 is 28.7 Å². The Hall–Kier alpha value is -3.88. The number of para-hydroxylation sites is 1. The number of nitrogens with zero attached hydrogens (tertiary/aromatic N) is 1. The topological polar surface area (TPSA) is 85.7 Å². The normalized spacial score (nSPS) is 12.2. The molecule has 178 valence electrons. The van der Waals surface area contributed by atoms with E-state index in [1.54, 1.807) is 44.2 Å². The lowest BCUT2D eigenvalue weighted by molar-refractivity contribution is -0.276. The van der Waals surface area contributed by atoms with Gasteiger partial charge < -0.3 is 14.6 Å². The average molecular weight is 473 g/mol. The second kappa shape index (κ2) is 9.17. The fraction of sp³-hybridized carbons (Fsp3) is 0.240. The van der Waals surface area contributed by atoms with E-state index in [2.05, 4.69) is 9.72 Å². The van der Waals surface area contributed by atoms with Gasteiger partial charge in [-0.3, -0.25) is 4.79 Å². The van der Waals surface area contributed by atoms with E-state index in [1.807, 2.05) is 0 Å². The lowest BCUT2D eigenvalue weighted by Gasteiger charge is -2.24. The number of aliphatic carboxylic acids is 1. The van der Waals surface area contributed by atoms with Crippen LogP contribution in [0.4, 0.5) is 13.2 Å². The predicted molar refractivity (Wildman–Crippen MR) is 120 cm³/mol. The summed E-state index contributed by atoms with van der Waals surface area (Å²) in [6.45, 7) is 6.31. The Labute approximate surface area is 193 Å². The first-order valence-corrected chi connectivity index (χ1v) is 10.2. The fourth-order valence-corrected chi connectivity index (χ4v) is 3.26. The fourth-order valence-electron chi connectivity index (χ4n) is 3.26. The number of allylic oxidation sites excluding steroid dienone is 1. The highest BCUT2D eigenvalue weighted by molar-refractivity contribution is 6.10. The number of benzene rings is 2. The van der Waals surface area contributed by atoms with Gasteiger partial charge in [0.05, 0.1) is 11.1 Å². The molecule has 3 rings (SSSR count). The highest BCUT2D eigenvalue weighted by Gasteiger charge is 2.34. The van der Waals surface area contributed by atoms with Gasteiger partial charge in [0.1, 0.15) is 5.75 Å². The molecule has 0 atom stereocenters. The largest absolute Gasteiger partial charge is 0.574 e. The van der Waals surface area contributed by atoms with Gasteiger partial charge in [-0.1, -0.05) is 24.3 Å². The molecule has 0 bridgehead atoms. The number of carbonyl (C=O) groups is 2. The monoisotopic (exact) mass is 473 g/mol. The van der Waals surface area contributed by atoms with E-state index in [0.717, 1.165) is 6.08 Å². The molecule has 0 amide bonds. The SMILES string of the molecule is Cc1cc(/C=C/C(=O)c2cc3ccccc3nc2OC(F)(F)F)cc(C)c1OC(C)(C)C(=O)O. The molecule has 0 aliphatic carbocycles. The summed E-state index contributed by atoms with van der Waals surface area (Å²) < 4.78 is 48.3. The number of pyridine rings is 1. The molecular formula is C25H22F3NO5. The third kappa shape index (κ3) is 5.72. The van der Waals surface area contributed by atoms with E-state index in [0.29, 0.717) is 27.8 Å². The Balaban J connectivity index is 1.94. The number of hydrogen-bond acceptors (Lipinski definition) is 5. The number of alkyl halides is 3. The molecule has 3 aromatic rings. The van der Waals surface area contributed by atoms with Crippen LogP contribution in [0.25, 0.3) is 17.0 Å². The molecule has 34 heavy (non-hydrogen) atoms. The maximum Gasteiger partial charge on any atom is 0.574 e. The van der Waals surface area contributed by atoms with Gasteiger partial charge in [-0.15, -0.1) is 13.2 Å². The van der Waals surface area contributed by atoms with Crippen molar-refractivity contribution in [3.8, 4) is 11.6 Å². The molecule has 0 aliphatic heterocycles. The number of hydrogen-bond donors (Lipinski definition) is 1. The highest BCUT2D eigenvalue weighted by Crippen LogP contribution is 2.31. The zero-order valence-electron chi connectivity index (χ0n) is 18.9. The van der Waals surface area contributed by atoms with Gasteiger partial charge in [0.25, 0.3) is 0 Å².